The molecule has 0 spiro atoms. The summed E-state index contributed by atoms with van der Waals surface area (Å²) in [4.78, 5) is 31.6. The second-order valence-corrected chi connectivity index (χ2v) is 10.1. The molecule has 39 heavy (non-hydrogen) atoms. The Morgan fingerprint density at radius 3 is 2.62 bits per heavy atom. The van der Waals surface area contributed by atoms with E-state index in [-0.39, 0.29) is 17.4 Å². The van der Waals surface area contributed by atoms with Gasteiger partial charge in [0.15, 0.2) is 11.5 Å². The van der Waals surface area contributed by atoms with E-state index in [2.05, 4.69) is 10.3 Å². The van der Waals surface area contributed by atoms with Gasteiger partial charge in [-0.2, -0.15) is 0 Å². The molecule has 1 saturated heterocycles. The lowest BCUT2D eigenvalue weighted by molar-refractivity contribution is 0.0718. The van der Waals surface area contributed by atoms with E-state index in [0.717, 1.165) is 53.5 Å². The normalized spacial score (nSPS) is 16.2. The fourth-order valence-electron chi connectivity index (χ4n) is 5.40. The summed E-state index contributed by atoms with van der Waals surface area (Å²) in [5, 5.41) is 14.8. The predicted molar refractivity (Wildman–Crippen MR) is 148 cm³/mol. The zero-order chi connectivity index (χ0) is 26.9. The Morgan fingerprint density at radius 1 is 0.974 bits per heavy atom. The number of aromatic nitrogens is 1. The number of fused-ring (bicyclic) bond motifs is 2. The lowest BCUT2D eigenvalue weighted by Gasteiger charge is -2.24. The highest BCUT2D eigenvalue weighted by Gasteiger charge is 2.27. The molecule has 4 aromatic rings. The Bertz CT molecular complexity index is 1540. The van der Waals surface area contributed by atoms with Crippen LogP contribution in [0.2, 0.25) is 0 Å². The van der Waals surface area contributed by atoms with Gasteiger partial charge in [-0.25, -0.2) is 0 Å². The molecule has 2 amide bonds. The fraction of sp³-hybridized carbons (Fsp3) is 0.290. The van der Waals surface area contributed by atoms with Crippen molar-refractivity contribution in [3.63, 3.8) is 0 Å². The molecule has 3 N–H and O–H groups in total. The average Bonchev–Trinajstić information content (AvgIpc) is 3.66. The van der Waals surface area contributed by atoms with Crippen LogP contribution in [0.15, 0.2) is 66.9 Å². The SMILES string of the molecule is CC(c1c[nH]c2ccccc12)[C@@H](O)NC(=O)c1cc(-c2cccc(C(=O)N3CCCC3)c2)cc2c1OCCO2. The molecular formula is C31H31N3O5. The van der Waals surface area contributed by atoms with Crippen LogP contribution in [0.1, 0.15) is 52.0 Å². The van der Waals surface area contributed by atoms with E-state index in [0.29, 0.717) is 30.3 Å². The molecule has 2 atom stereocenters. The zero-order valence-corrected chi connectivity index (χ0v) is 21.8. The molecule has 3 heterocycles. The summed E-state index contributed by atoms with van der Waals surface area (Å²) in [7, 11) is 0. The first kappa shape index (κ1) is 25.0. The molecule has 6 rings (SSSR count). The number of carbonyl (C=O) groups excluding carboxylic acids is 2. The van der Waals surface area contributed by atoms with Gasteiger partial charge in [0.25, 0.3) is 11.8 Å². The summed E-state index contributed by atoms with van der Waals surface area (Å²) in [6, 6.07) is 18.8. The topological polar surface area (TPSA) is 104 Å². The number of rotatable bonds is 6. The summed E-state index contributed by atoms with van der Waals surface area (Å²) >= 11 is 0. The van der Waals surface area contributed by atoms with Gasteiger partial charge >= 0.3 is 0 Å². The Kier molecular flexibility index (Phi) is 6.70. The smallest absolute Gasteiger partial charge is 0.257 e. The van der Waals surface area contributed by atoms with Crippen LogP contribution in [-0.4, -0.2) is 59.3 Å². The number of aliphatic hydroxyl groups is 1. The summed E-state index contributed by atoms with van der Waals surface area (Å²) < 4.78 is 11.7. The summed E-state index contributed by atoms with van der Waals surface area (Å²) in [6.45, 7) is 4.11. The highest BCUT2D eigenvalue weighted by atomic mass is 16.6. The maximum atomic E-state index is 13.5. The van der Waals surface area contributed by atoms with E-state index in [1.165, 1.54) is 0 Å². The molecular weight excluding hydrogens is 494 g/mol. The van der Waals surface area contributed by atoms with Crippen molar-refractivity contribution in [2.45, 2.75) is 31.9 Å². The molecule has 0 saturated carbocycles. The van der Waals surface area contributed by atoms with E-state index in [9.17, 15) is 14.7 Å². The third kappa shape index (κ3) is 4.83. The molecule has 0 aliphatic carbocycles. The second kappa shape index (κ2) is 10.5. The van der Waals surface area contributed by atoms with Crippen LogP contribution in [0, 0.1) is 0 Å². The first-order chi connectivity index (χ1) is 19.0. The number of aliphatic hydroxyl groups excluding tert-OH is 1. The minimum Gasteiger partial charge on any atom is -0.486 e. The largest absolute Gasteiger partial charge is 0.486 e. The van der Waals surface area contributed by atoms with Gasteiger partial charge in [0.1, 0.15) is 19.4 Å². The number of ether oxygens (including phenoxy) is 2. The molecule has 2 aliphatic rings. The monoisotopic (exact) mass is 525 g/mol. The Labute approximate surface area is 226 Å². The lowest BCUT2D eigenvalue weighted by atomic mass is 9.97. The van der Waals surface area contributed by atoms with Gasteiger partial charge in [0.2, 0.25) is 0 Å². The van der Waals surface area contributed by atoms with Crippen LogP contribution >= 0.6 is 0 Å². The molecule has 0 bridgehead atoms. The average molecular weight is 526 g/mol. The third-order valence-electron chi connectivity index (χ3n) is 7.59. The van der Waals surface area contributed by atoms with Crippen LogP contribution < -0.4 is 14.8 Å². The van der Waals surface area contributed by atoms with Crippen molar-refractivity contribution in [3.05, 3.63) is 83.6 Å². The van der Waals surface area contributed by atoms with E-state index >= 15 is 0 Å². The minimum atomic E-state index is -1.14. The van der Waals surface area contributed by atoms with Gasteiger partial charge in [-0.1, -0.05) is 37.3 Å². The number of carbonyl (C=O) groups is 2. The Hall–Kier alpha value is -4.30. The van der Waals surface area contributed by atoms with Crippen molar-refractivity contribution in [3.8, 4) is 22.6 Å². The number of nitrogens with zero attached hydrogens (tertiary/aromatic N) is 1. The van der Waals surface area contributed by atoms with Crippen molar-refractivity contribution >= 4 is 22.7 Å². The number of likely N-dealkylation sites (tertiary alicyclic amines) is 1. The van der Waals surface area contributed by atoms with Crippen molar-refractivity contribution in [1.82, 2.24) is 15.2 Å². The molecule has 8 heteroatoms. The molecule has 1 fully saturated rings. The van der Waals surface area contributed by atoms with Crippen LogP contribution in [0.5, 0.6) is 11.5 Å². The lowest BCUT2D eigenvalue weighted by Crippen LogP contribution is -2.38. The van der Waals surface area contributed by atoms with Crippen molar-refractivity contribution in [1.29, 1.82) is 0 Å². The summed E-state index contributed by atoms with van der Waals surface area (Å²) in [5.74, 6) is -0.0195. The number of para-hydroxylation sites is 1. The summed E-state index contributed by atoms with van der Waals surface area (Å²) in [5.41, 5.74) is 4.27. The van der Waals surface area contributed by atoms with Gasteiger partial charge < -0.3 is 29.8 Å². The first-order valence-corrected chi connectivity index (χ1v) is 13.4. The predicted octanol–water partition coefficient (Wildman–Crippen LogP) is 4.69. The number of hydrogen-bond donors (Lipinski definition) is 3. The molecule has 1 aromatic heterocycles. The van der Waals surface area contributed by atoms with Gasteiger partial charge in [0, 0.05) is 41.7 Å². The van der Waals surface area contributed by atoms with Crippen LogP contribution in [0.3, 0.4) is 0 Å². The molecule has 3 aromatic carbocycles. The molecule has 0 radical (unpaired) electrons. The van der Waals surface area contributed by atoms with Crippen LogP contribution in [-0.2, 0) is 0 Å². The van der Waals surface area contributed by atoms with E-state index in [1.807, 2.05) is 72.6 Å². The molecule has 200 valence electrons. The van der Waals surface area contributed by atoms with E-state index in [1.54, 1.807) is 6.07 Å². The standard InChI is InChI=1S/C31H31N3O5/c1-19(25-18-32-26-10-3-2-9-23(25)26)29(35)33-30(36)24-16-22(17-27-28(24)39-14-13-38-27)20-7-6-8-21(15-20)31(37)34-11-4-5-12-34/h2-3,6-10,15-19,29,32,35H,4-5,11-14H2,1H3,(H,33,36)/t19?,29-/m1/s1. The zero-order valence-electron chi connectivity index (χ0n) is 21.8. The highest BCUT2D eigenvalue weighted by Crippen LogP contribution is 2.39. The van der Waals surface area contributed by atoms with E-state index in [4.69, 9.17) is 9.47 Å². The van der Waals surface area contributed by atoms with Crippen LogP contribution in [0.4, 0.5) is 0 Å². The minimum absolute atomic E-state index is 0.0132. The Balaban J connectivity index is 1.29. The second-order valence-electron chi connectivity index (χ2n) is 10.1. The van der Waals surface area contributed by atoms with Gasteiger partial charge in [-0.15, -0.1) is 0 Å². The van der Waals surface area contributed by atoms with E-state index < -0.39 is 12.1 Å². The molecule has 2 aliphatic heterocycles. The van der Waals surface area contributed by atoms with Gasteiger partial charge in [0.05, 0.1) is 5.56 Å². The van der Waals surface area contributed by atoms with Crippen LogP contribution in [0.25, 0.3) is 22.0 Å². The van der Waals surface area contributed by atoms with Crippen molar-refractivity contribution < 1.29 is 24.2 Å². The first-order valence-electron chi connectivity index (χ1n) is 13.4. The van der Waals surface area contributed by atoms with Crippen molar-refractivity contribution in [2.24, 2.45) is 0 Å². The molecule has 1 unspecified atom stereocenters. The number of hydrogen-bond acceptors (Lipinski definition) is 5. The number of aromatic amines is 1. The number of benzene rings is 3. The van der Waals surface area contributed by atoms with Crippen molar-refractivity contribution in [2.75, 3.05) is 26.3 Å². The maximum absolute atomic E-state index is 13.5. The number of nitrogens with one attached hydrogen (secondary N) is 2. The maximum Gasteiger partial charge on any atom is 0.257 e. The third-order valence-corrected chi connectivity index (χ3v) is 7.59. The number of H-pyrrole nitrogens is 1. The highest BCUT2D eigenvalue weighted by molar-refractivity contribution is 6.00. The quantitative estimate of drug-likeness (QED) is 0.317. The summed E-state index contributed by atoms with van der Waals surface area (Å²) in [6.07, 6.45) is 2.77. The van der Waals surface area contributed by atoms with Gasteiger partial charge in [-0.3, -0.25) is 9.59 Å². The Morgan fingerprint density at radius 2 is 1.77 bits per heavy atom. The molecule has 8 nitrogen and oxygen atoms in total. The fourth-order valence-corrected chi connectivity index (χ4v) is 5.40. The van der Waals surface area contributed by atoms with Gasteiger partial charge in [-0.05, 0) is 59.9 Å². The number of amides is 2.